The van der Waals surface area contributed by atoms with Gasteiger partial charge in [0.05, 0.1) is 12.9 Å². The number of nitrogens with one attached hydrogen (secondary N) is 2. The van der Waals surface area contributed by atoms with Gasteiger partial charge in [-0.25, -0.2) is 0 Å². The third kappa shape index (κ3) is 5.96. The first kappa shape index (κ1) is 22.2. The molecule has 1 aliphatic rings. The van der Waals surface area contributed by atoms with Crippen molar-refractivity contribution in [1.82, 2.24) is 10.2 Å². The van der Waals surface area contributed by atoms with E-state index in [9.17, 15) is 4.79 Å². The first-order valence-electron chi connectivity index (χ1n) is 9.08. The van der Waals surface area contributed by atoms with E-state index in [4.69, 9.17) is 9.15 Å². The summed E-state index contributed by atoms with van der Waals surface area (Å²) in [6, 6.07) is 11.0. The lowest BCUT2D eigenvalue weighted by molar-refractivity contribution is 0.0996. The van der Waals surface area contributed by atoms with Crippen molar-refractivity contribution in [3.05, 3.63) is 54.0 Å². The zero-order chi connectivity index (χ0) is 19.1. The molecule has 28 heavy (non-hydrogen) atoms. The molecule has 1 saturated heterocycles. The molecule has 1 atom stereocenters. The van der Waals surface area contributed by atoms with Crippen LogP contribution in [0, 0.1) is 5.92 Å². The Bertz CT molecular complexity index is 762. The van der Waals surface area contributed by atoms with E-state index in [2.05, 4.69) is 20.5 Å². The van der Waals surface area contributed by atoms with Gasteiger partial charge in [0.2, 0.25) is 0 Å². The van der Waals surface area contributed by atoms with Crippen LogP contribution in [0.5, 0.6) is 0 Å². The Morgan fingerprint density at radius 1 is 1.32 bits per heavy atom. The fourth-order valence-electron chi connectivity index (χ4n) is 3.22. The first-order chi connectivity index (χ1) is 13.2. The molecule has 2 N–H and O–H groups in total. The van der Waals surface area contributed by atoms with Crippen LogP contribution in [0.25, 0.3) is 0 Å². The Morgan fingerprint density at radius 3 is 2.75 bits per heavy atom. The molecule has 1 aromatic carbocycles. The molecule has 0 radical (unpaired) electrons. The molecule has 152 valence electrons. The van der Waals surface area contributed by atoms with Gasteiger partial charge in [0.15, 0.2) is 11.7 Å². The number of ether oxygens (including phenoxy) is 1. The highest BCUT2D eigenvalue weighted by Gasteiger charge is 2.24. The Hall–Kier alpha value is -2.07. The van der Waals surface area contributed by atoms with Crippen LogP contribution in [0.3, 0.4) is 0 Å². The number of guanidine groups is 1. The van der Waals surface area contributed by atoms with Gasteiger partial charge in [-0.15, -0.1) is 24.0 Å². The number of carbonyl (C=O) groups excluding carboxylic acids is 1. The summed E-state index contributed by atoms with van der Waals surface area (Å²) in [7, 11) is 3.55. The number of methoxy groups -OCH3 is 1. The summed E-state index contributed by atoms with van der Waals surface area (Å²) in [5.74, 6) is 1.50. The van der Waals surface area contributed by atoms with Gasteiger partial charge in [0, 0.05) is 45.4 Å². The van der Waals surface area contributed by atoms with Gasteiger partial charge in [0.1, 0.15) is 0 Å². The zero-order valence-corrected chi connectivity index (χ0v) is 18.5. The largest absolute Gasteiger partial charge is 0.459 e. The smallest absolute Gasteiger partial charge is 0.291 e. The molecule has 0 bridgehead atoms. The summed E-state index contributed by atoms with van der Waals surface area (Å²) >= 11 is 0. The number of amides is 1. The highest BCUT2D eigenvalue weighted by molar-refractivity contribution is 14.0. The van der Waals surface area contributed by atoms with E-state index in [1.54, 1.807) is 26.3 Å². The van der Waals surface area contributed by atoms with Crippen LogP contribution in [0.4, 0.5) is 5.69 Å². The summed E-state index contributed by atoms with van der Waals surface area (Å²) in [5.41, 5.74) is 1.84. The van der Waals surface area contributed by atoms with Crippen LogP contribution >= 0.6 is 24.0 Å². The fraction of sp³-hybridized carbons (Fsp3) is 0.400. The van der Waals surface area contributed by atoms with Crippen molar-refractivity contribution in [2.24, 2.45) is 10.9 Å². The molecular weight excluding hydrogens is 471 g/mol. The number of aliphatic imine (C=N–C) groups is 1. The number of nitrogens with zero attached hydrogens (tertiary/aromatic N) is 2. The Labute approximate surface area is 182 Å². The molecule has 0 spiro atoms. The monoisotopic (exact) mass is 498 g/mol. The minimum absolute atomic E-state index is 0. The van der Waals surface area contributed by atoms with Gasteiger partial charge in [0.25, 0.3) is 5.91 Å². The number of halogens is 1. The molecule has 0 saturated carbocycles. The first-order valence-corrected chi connectivity index (χ1v) is 9.08. The van der Waals surface area contributed by atoms with Crippen LogP contribution in [-0.2, 0) is 11.3 Å². The summed E-state index contributed by atoms with van der Waals surface area (Å²) < 4.78 is 10.3. The van der Waals surface area contributed by atoms with Crippen molar-refractivity contribution in [1.29, 1.82) is 0 Å². The molecular formula is C20H27IN4O3. The average Bonchev–Trinajstić information content (AvgIpc) is 3.36. The minimum atomic E-state index is -0.258. The van der Waals surface area contributed by atoms with Crippen molar-refractivity contribution >= 4 is 41.5 Å². The molecule has 2 heterocycles. The number of rotatable bonds is 6. The standard InChI is InChI=1S/C20H26N4O3.HI/c1-21-20(24-10-9-16(13-24)14-26-2)22-12-15-5-7-17(8-6-15)23-19(25)18-4-3-11-27-18;/h3-8,11,16H,9-10,12-14H2,1-2H3,(H,21,22)(H,23,25);1H. The number of hydrogen-bond donors (Lipinski definition) is 2. The molecule has 8 heteroatoms. The number of benzene rings is 1. The maximum Gasteiger partial charge on any atom is 0.291 e. The van der Waals surface area contributed by atoms with Gasteiger partial charge in [-0.2, -0.15) is 0 Å². The summed E-state index contributed by atoms with van der Waals surface area (Å²) in [4.78, 5) is 18.6. The predicted octanol–water partition coefficient (Wildman–Crippen LogP) is 3.19. The second kappa shape index (κ2) is 11.1. The lowest BCUT2D eigenvalue weighted by atomic mass is 10.1. The number of furan rings is 1. The highest BCUT2D eigenvalue weighted by Crippen LogP contribution is 2.17. The van der Waals surface area contributed by atoms with Crippen molar-refractivity contribution in [3.63, 3.8) is 0 Å². The number of carbonyl (C=O) groups is 1. The Kier molecular flexibility index (Phi) is 8.78. The quantitative estimate of drug-likeness (QED) is 0.364. The lowest BCUT2D eigenvalue weighted by Gasteiger charge is -2.21. The van der Waals surface area contributed by atoms with E-state index in [0.29, 0.717) is 18.2 Å². The number of anilines is 1. The topological polar surface area (TPSA) is 79.1 Å². The summed E-state index contributed by atoms with van der Waals surface area (Å²) in [5, 5.41) is 6.22. The predicted molar refractivity (Wildman–Crippen MR) is 120 cm³/mol. The number of hydrogen-bond acceptors (Lipinski definition) is 4. The van der Waals surface area contributed by atoms with Crippen molar-refractivity contribution in [2.75, 3.05) is 39.2 Å². The van der Waals surface area contributed by atoms with E-state index >= 15 is 0 Å². The molecule has 7 nitrogen and oxygen atoms in total. The second-order valence-corrected chi connectivity index (χ2v) is 6.59. The van der Waals surface area contributed by atoms with Crippen molar-refractivity contribution in [2.45, 2.75) is 13.0 Å². The normalized spacial score (nSPS) is 16.6. The SMILES string of the molecule is CN=C(NCc1ccc(NC(=O)c2ccco2)cc1)N1CCC(COC)C1.I. The highest BCUT2D eigenvalue weighted by atomic mass is 127. The molecule has 1 amide bonds. The van der Waals surface area contributed by atoms with Crippen LogP contribution in [0.15, 0.2) is 52.1 Å². The van der Waals surface area contributed by atoms with Crippen LogP contribution in [0.1, 0.15) is 22.5 Å². The van der Waals surface area contributed by atoms with Gasteiger partial charge in [-0.1, -0.05) is 12.1 Å². The van der Waals surface area contributed by atoms with Crippen molar-refractivity contribution < 1.29 is 13.9 Å². The van der Waals surface area contributed by atoms with E-state index in [1.165, 1.54) is 6.26 Å². The third-order valence-corrected chi connectivity index (χ3v) is 4.61. The summed E-state index contributed by atoms with van der Waals surface area (Å²) in [6.45, 7) is 3.42. The second-order valence-electron chi connectivity index (χ2n) is 6.59. The van der Waals surface area contributed by atoms with E-state index in [0.717, 1.165) is 43.3 Å². The maximum absolute atomic E-state index is 12.0. The molecule has 1 fully saturated rings. The third-order valence-electron chi connectivity index (χ3n) is 4.61. The van der Waals surface area contributed by atoms with Crippen molar-refractivity contribution in [3.8, 4) is 0 Å². The molecule has 1 aromatic heterocycles. The van der Waals surface area contributed by atoms with Crippen LogP contribution in [-0.4, -0.2) is 50.6 Å². The molecule has 1 aliphatic heterocycles. The Morgan fingerprint density at radius 2 is 2.11 bits per heavy atom. The van der Waals surface area contributed by atoms with E-state index in [-0.39, 0.29) is 29.9 Å². The fourth-order valence-corrected chi connectivity index (χ4v) is 3.22. The lowest BCUT2D eigenvalue weighted by Crippen LogP contribution is -2.39. The van der Waals surface area contributed by atoms with E-state index < -0.39 is 0 Å². The molecule has 3 rings (SSSR count). The molecule has 0 aliphatic carbocycles. The van der Waals surface area contributed by atoms with Gasteiger partial charge in [-0.05, 0) is 36.2 Å². The van der Waals surface area contributed by atoms with Crippen LogP contribution in [0.2, 0.25) is 0 Å². The van der Waals surface area contributed by atoms with E-state index in [1.807, 2.05) is 24.3 Å². The summed E-state index contributed by atoms with van der Waals surface area (Å²) in [6.07, 6.45) is 2.60. The van der Waals surface area contributed by atoms with Gasteiger partial charge < -0.3 is 24.7 Å². The molecule has 2 aromatic rings. The maximum atomic E-state index is 12.0. The number of likely N-dealkylation sites (tertiary alicyclic amines) is 1. The zero-order valence-electron chi connectivity index (χ0n) is 16.2. The molecule has 1 unspecified atom stereocenters. The average molecular weight is 498 g/mol. The van der Waals surface area contributed by atoms with Crippen LogP contribution < -0.4 is 10.6 Å². The minimum Gasteiger partial charge on any atom is -0.459 e. The van der Waals surface area contributed by atoms with Gasteiger partial charge >= 0.3 is 0 Å². The van der Waals surface area contributed by atoms with Gasteiger partial charge in [-0.3, -0.25) is 9.79 Å². The Balaban J connectivity index is 0.00000280.